The van der Waals surface area contributed by atoms with E-state index in [0.29, 0.717) is 42.5 Å². The highest BCUT2D eigenvalue weighted by molar-refractivity contribution is 6.08. The standard InChI is InChI=1S/C21H21FN6O2/c1-3-4-6-29-18-12-24-17(11-25-18)19-26-10-13-8-15(22)14(9-16(13)27-19)21(2)5-7-30-20(23)28-21/h8-9,11-12H,5-7,10H2,1-2H3,(H2,23,28)(H,26,27)/t21-/m0/s1. The molecule has 0 fully saturated rings. The number of amidine groups is 2. The van der Waals surface area contributed by atoms with Crippen molar-refractivity contribution in [2.45, 2.75) is 32.4 Å². The molecule has 0 saturated heterocycles. The number of benzene rings is 1. The van der Waals surface area contributed by atoms with Gasteiger partial charge in [-0.2, -0.15) is 0 Å². The highest BCUT2D eigenvalue weighted by Gasteiger charge is 2.34. The number of hydrogen-bond donors (Lipinski definition) is 2. The second-order valence-corrected chi connectivity index (χ2v) is 7.06. The molecule has 8 nitrogen and oxygen atoms in total. The van der Waals surface area contributed by atoms with Crippen molar-refractivity contribution in [1.82, 2.24) is 9.97 Å². The van der Waals surface area contributed by atoms with Gasteiger partial charge in [-0.25, -0.2) is 19.4 Å². The zero-order chi connectivity index (χ0) is 21.1. The van der Waals surface area contributed by atoms with Crippen LogP contribution in [0.4, 0.5) is 10.1 Å². The van der Waals surface area contributed by atoms with Crippen LogP contribution in [0.25, 0.3) is 0 Å². The lowest BCUT2D eigenvalue weighted by Gasteiger charge is -2.31. The Kier molecular flexibility index (Phi) is 5.23. The van der Waals surface area contributed by atoms with Crippen LogP contribution in [0.2, 0.25) is 0 Å². The van der Waals surface area contributed by atoms with Crippen LogP contribution in [0.1, 0.15) is 37.1 Å². The molecule has 1 aromatic carbocycles. The minimum Gasteiger partial charge on any atom is -0.465 e. The van der Waals surface area contributed by atoms with Crippen molar-refractivity contribution in [2.75, 3.05) is 18.5 Å². The van der Waals surface area contributed by atoms with E-state index in [-0.39, 0.29) is 18.4 Å². The van der Waals surface area contributed by atoms with Gasteiger partial charge in [0.1, 0.15) is 11.5 Å². The van der Waals surface area contributed by atoms with Gasteiger partial charge in [-0.1, -0.05) is 5.92 Å². The summed E-state index contributed by atoms with van der Waals surface area (Å²) in [5.41, 5.74) is 7.43. The van der Waals surface area contributed by atoms with Gasteiger partial charge in [-0.15, -0.1) is 5.92 Å². The lowest BCUT2D eigenvalue weighted by molar-refractivity contribution is 0.215. The predicted octanol–water partition coefficient (Wildman–Crippen LogP) is 2.34. The van der Waals surface area contributed by atoms with E-state index in [4.69, 9.17) is 15.2 Å². The van der Waals surface area contributed by atoms with Crippen LogP contribution in [-0.4, -0.2) is 35.0 Å². The van der Waals surface area contributed by atoms with Crippen LogP contribution in [-0.2, 0) is 16.8 Å². The fraction of sp³-hybridized carbons (Fsp3) is 0.333. The van der Waals surface area contributed by atoms with Gasteiger partial charge in [-0.3, -0.25) is 4.99 Å². The maximum atomic E-state index is 14.9. The zero-order valence-corrected chi connectivity index (χ0v) is 16.7. The highest BCUT2D eigenvalue weighted by Crippen LogP contribution is 2.37. The topological polar surface area (TPSA) is 107 Å². The molecule has 154 valence electrons. The summed E-state index contributed by atoms with van der Waals surface area (Å²) < 4.78 is 25.4. The number of fused-ring (bicyclic) bond motifs is 1. The summed E-state index contributed by atoms with van der Waals surface area (Å²) in [7, 11) is 0. The lowest BCUT2D eigenvalue weighted by atomic mass is 9.87. The van der Waals surface area contributed by atoms with E-state index >= 15 is 0 Å². The molecule has 0 spiro atoms. The van der Waals surface area contributed by atoms with Gasteiger partial charge in [0.15, 0.2) is 12.4 Å². The van der Waals surface area contributed by atoms with Crippen molar-refractivity contribution in [3.05, 3.63) is 47.2 Å². The van der Waals surface area contributed by atoms with Crippen molar-refractivity contribution in [3.8, 4) is 17.7 Å². The summed E-state index contributed by atoms with van der Waals surface area (Å²) >= 11 is 0. The normalized spacial score (nSPS) is 19.8. The van der Waals surface area contributed by atoms with Gasteiger partial charge in [0, 0.05) is 23.2 Å². The van der Waals surface area contributed by atoms with E-state index in [9.17, 15) is 4.39 Å². The predicted molar refractivity (Wildman–Crippen MR) is 111 cm³/mol. The summed E-state index contributed by atoms with van der Waals surface area (Å²) in [6.07, 6.45) is 3.61. The maximum Gasteiger partial charge on any atom is 0.282 e. The third-order valence-corrected chi connectivity index (χ3v) is 4.97. The Morgan fingerprint density at radius 3 is 2.93 bits per heavy atom. The number of aromatic nitrogens is 2. The summed E-state index contributed by atoms with van der Waals surface area (Å²) in [5.74, 6) is 6.13. The Bertz CT molecular complexity index is 1090. The molecule has 1 atom stereocenters. The van der Waals surface area contributed by atoms with E-state index in [1.54, 1.807) is 19.2 Å². The number of nitrogens with one attached hydrogen (secondary N) is 1. The van der Waals surface area contributed by atoms with Gasteiger partial charge in [-0.05, 0) is 26.0 Å². The number of hydrogen-bond acceptors (Lipinski definition) is 8. The first-order chi connectivity index (χ1) is 14.5. The quantitative estimate of drug-likeness (QED) is 0.752. The first-order valence-electron chi connectivity index (χ1n) is 9.46. The number of nitrogens with zero attached hydrogens (tertiary/aromatic N) is 4. The Morgan fingerprint density at radius 2 is 2.20 bits per heavy atom. The molecule has 2 aliphatic heterocycles. The van der Waals surface area contributed by atoms with Crippen LogP contribution in [0.3, 0.4) is 0 Å². The number of nitrogens with two attached hydrogens (primary N) is 1. The van der Waals surface area contributed by atoms with E-state index < -0.39 is 5.54 Å². The SMILES string of the molecule is CC#CCOc1cnc(C2=NCc3cc(F)c([C@]4(C)CCOC(N)=N4)cc3N2)cn1. The van der Waals surface area contributed by atoms with Gasteiger partial charge in [0.05, 0.1) is 31.1 Å². The van der Waals surface area contributed by atoms with E-state index in [0.717, 1.165) is 11.3 Å². The molecular weight excluding hydrogens is 387 g/mol. The monoisotopic (exact) mass is 408 g/mol. The number of ether oxygens (including phenoxy) is 2. The molecule has 0 amide bonds. The fourth-order valence-electron chi connectivity index (χ4n) is 3.33. The summed E-state index contributed by atoms with van der Waals surface area (Å²) in [6.45, 7) is 4.55. The summed E-state index contributed by atoms with van der Waals surface area (Å²) in [4.78, 5) is 17.4. The second kappa shape index (κ2) is 7.99. The zero-order valence-electron chi connectivity index (χ0n) is 16.7. The van der Waals surface area contributed by atoms with Crippen molar-refractivity contribution < 1.29 is 13.9 Å². The Labute approximate surface area is 173 Å². The summed E-state index contributed by atoms with van der Waals surface area (Å²) in [5, 5.41) is 3.23. The Morgan fingerprint density at radius 1 is 1.33 bits per heavy atom. The largest absolute Gasteiger partial charge is 0.465 e. The van der Waals surface area contributed by atoms with Crippen molar-refractivity contribution in [1.29, 1.82) is 0 Å². The molecule has 9 heteroatoms. The number of rotatable bonds is 4. The van der Waals surface area contributed by atoms with Gasteiger partial charge >= 0.3 is 0 Å². The molecule has 0 unspecified atom stereocenters. The van der Waals surface area contributed by atoms with E-state index in [1.165, 1.54) is 12.3 Å². The van der Waals surface area contributed by atoms with Gasteiger partial charge in [0.25, 0.3) is 6.02 Å². The second-order valence-electron chi connectivity index (χ2n) is 7.06. The van der Waals surface area contributed by atoms with Crippen LogP contribution in [0.15, 0.2) is 34.5 Å². The number of anilines is 1. The average Bonchev–Trinajstić information content (AvgIpc) is 2.73. The molecule has 0 bridgehead atoms. The van der Waals surface area contributed by atoms with E-state index in [2.05, 4.69) is 37.1 Å². The molecule has 4 rings (SSSR count). The molecule has 0 saturated carbocycles. The molecule has 30 heavy (non-hydrogen) atoms. The van der Waals surface area contributed by atoms with Crippen molar-refractivity contribution >= 4 is 17.5 Å². The maximum absolute atomic E-state index is 14.9. The Balaban J connectivity index is 1.58. The fourth-order valence-corrected chi connectivity index (χ4v) is 3.33. The van der Waals surface area contributed by atoms with Crippen LogP contribution in [0.5, 0.6) is 5.88 Å². The molecule has 0 aliphatic carbocycles. The van der Waals surface area contributed by atoms with Crippen LogP contribution >= 0.6 is 0 Å². The van der Waals surface area contributed by atoms with E-state index in [1.807, 2.05) is 6.92 Å². The lowest BCUT2D eigenvalue weighted by Crippen LogP contribution is -2.34. The highest BCUT2D eigenvalue weighted by atomic mass is 19.1. The molecule has 1 aromatic heterocycles. The van der Waals surface area contributed by atoms with Crippen molar-refractivity contribution in [3.63, 3.8) is 0 Å². The first-order valence-corrected chi connectivity index (χ1v) is 9.46. The number of aliphatic imine (C=N–C) groups is 2. The molecule has 3 heterocycles. The van der Waals surface area contributed by atoms with Crippen molar-refractivity contribution in [2.24, 2.45) is 15.7 Å². The number of halogens is 1. The summed E-state index contributed by atoms with van der Waals surface area (Å²) in [6, 6.07) is 3.32. The average molecular weight is 408 g/mol. The van der Waals surface area contributed by atoms with Crippen LogP contribution < -0.4 is 15.8 Å². The van der Waals surface area contributed by atoms with Crippen LogP contribution in [0, 0.1) is 17.7 Å². The first kappa shape index (κ1) is 19.6. The molecule has 0 radical (unpaired) electrons. The minimum atomic E-state index is -0.794. The molecule has 3 N–H and O–H groups in total. The smallest absolute Gasteiger partial charge is 0.282 e. The Hall–Kier alpha value is -3.67. The third-order valence-electron chi connectivity index (χ3n) is 4.97. The molecule has 2 aromatic rings. The molecule has 2 aliphatic rings. The van der Waals surface area contributed by atoms with Gasteiger partial charge < -0.3 is 20.5 Å². The van der Waals surface area contributed by atoms with Gasteiger partial charge in [0.2, 0.25) is 5.88 Å². The minimum absolute atomic E-state index is 0.0681. The molecular formula is C21H21FN6O2. The third kappa shape index (κ3) is 3.89.